The van der Waals surface area contributed by atoms with Crippen molar-refractivity contribution in [2.75, 3.05) is 14.1 Å². The van der Waals surface area contributed by atoms with Crippen LogP contribution in [0.4, 0.5) is 0 Å². The Balaban J connectivity index is -0.000000794. The molecule has 374 valence electrons. The average molecular weight is 997 g/mol. The van der Waals surface area contributed by atoms with Crippen LogP contribution in [0, 0.1) is 4.78 Å². The van der Waals surface area contributed by atoms with Gasteiger partial charge in [0.05, 0.1) is 23.1 Å². The molecule has 0 aromatic heterocycles. The topological polar surface area (TPSA) is 450 Å². The summed E-state index contributed by atoms with van der Waals surface area (Å²) < 4.78 is 13.5. The Morgan fingerprint density at radius 2 is 0.899 bits per heavy atom. The highest BCUT2D eigenvalue weighted by Gasteiger charge is 2.33. The van der Waals surface area contributed by atoms with Crippen LogP contribution < -0.4 is 10.6 Å². The number of ether oxygens (including phenoxy) is 2. The van der Waals surface area contributed by atoms with Gasteiger partial charge in [0.15, 0.2) is 0 Å². The van der Waals surface area contributed by atoms with Crippen molar-refractivity contribution < 1.29 is 116 Å². The van der Waals surface area contributed by atoms with Crippen molar-refractivity contribution in [3.63, 3.8) is 0 Å². The van der Waals surface area contributed by atoms with Gasteiger partial charge in [-0.15, -0.1) is 5.06 Å². The SMILES string of the molecule is CC(=O)C/C(=C/C(=O)ON1C(=O)CCC1=O)C(=O)O.CC(=O)CC1=CC(=O)OC1=O.CNC(=O)/C=C(/CC(C)=O)C(=O)O.CNC(=O)/C=C(/CC(C)=O)C(=O)O.N=S.O=C(O)CC1=CC(=O)OC1=O. The number of hydrogen-bond acceptors (Lipinski definition) is 22. The average Bonchev–Trinajstić information content (AvgIpc) is 3.85. The Kier molecular flexibility index (Phi) is 31.3. The van der Waals surface area contributed by atoms with Crippen LogP contribution in [0.15, 0.2) is 58.2 Å². The number of ketones is 4. The summed E-state index contributed by atoms with van der Waals surface area (Å²) in [5.74, 6) is -13.0. The maximum absolute atomic E-state index is 11.4. The van der Waals surface area contributed by atoms with Gasteiger partial charge in [-0.3, -0.25) is 43.2 Å². The highest BCUT2D eigenvalue weighted by atomic mass is 32.1. The monoisotopic (exact) mass is 996 g/mol. The summed E-state index contributed by atoms with van der Waals surface area (Å²) in [7, 11) is 2.76. The molecule has 28 nitrogen and oxygen atoms in total. The van der Waals surface area contributed by atoms with Crippen LogP contribution in [0.2, 0.25) is 0 Å². The van der Waals surface area contributed by atoms with Crippen LogP contribution in [0.5, 0.6) is 0 Å². The lowest BCUT2D eigenvalue weighted by molar-refractivity contribution is -0.193. The molecule has 29 heteroatoms. The number of likely N-dealkylation sites (N-methyl/N-ethyl adjacent to an activating group) is 2. The van der Waals surface area contributed by atoms with E-state index in [0.29, 0.717) is 11.1 Å². The van der Waals surface area contributed by atoms with Crippen molar-refractivity contribution >= 4 is 113 Å². The van der Waals surface area contributed by atoms with Crippen molar-refractivity contribution in [2.24, 2.45) is 0 Å². The van der Waals surface area contributed by atoms with Crippen LogP contribution >= 0.6 is 0 Å². The fourth-order valence-corrected chi connectivity index (χ4v) is 4.20. The normalized spacial score (nSPS) is 13.6. The number of hydrogen-bond donors (Lipinski definition) is 7. The first-order valence-corrected chi connectivity index (χ1v) is 19.0. The number of rotatable bonds is 17. The zero-order chi connectivity index (χ0) is 54.3. The number of imide groups is 1. The molecule has 0 bridgehead atoms. The number of carbonyl (C=O) groups excluding carboxylic acids is 13. The molecule has 3 rings (SSSR count). The number of carboxylic acid groups (broad SMARTS) is 4. The second-order valence-corrected chi connectivity index (χ2v) is 13.0. The number of amides is 4. The van der Waals surface area contributed by atoms with Gasteiger partial charge in [0.2, 0.25) is 11.8 Å². The number of carbonyl (C=O) groups is 17. The van der Waals surface area contributed by atoms with Gasteiger partial charge in [-0.1, -0.05) is 0 Å². The minimum Gasteiger partial charge on any atom is -0.481 e. The summed E-state index contributed by atoms with van der Waals surface area (Å²) in [6.07, 6.45) is 2.79. The molecule has 0 aliphatic carbocycles. The van der Waals surface area contributed by atoms with E-state index in [0.717, 1.165) is 31.2 Å². The predicted molar refractivity (Wildman–Crippen MR) is 224 cm³/mol. The van der Waals surface area contributed by atoms with Crippen molar-refractivity contribution in [3.8, 4) is 0 Å². The van der Waals surface area contributed by atoms with Gasteiger partial charge in [0.1, 0.15) is 23.1 Å². The number of carboxylic acids is 4. The highest BCUT2D eigenvalue weighted by Crippen LogP contribution is 2.14. The number of nitrogens with zero attached hydrogens (tertiary/aromatic N) is 1. The Morgan fingerprint density at radius 1 is 0.580 bits per heavy atom. The summed E-state index contributed by atoms with van der Waals surface area (Å²) in [6, 6.07) is 0. The molecule has 0 radical (unpaired) electrons. The Hall–Kier alpha value is -8.89. The number of hydroxylamine groups is 2. The highest BCUT2D eigenvalue weighted by molar-refractivity contribution is 7.45. The fourth-order valence-electron chi connectivity index (χ4n) is 4.20. The molecule has 0 unspecified atom stereocenters. The molecular weight excluding hydrogens is 953 g/mol. The zero-order valence-corrected chi connectivity index (χ0v) is 38.0. The Bertz CT molecular complexity index is 2170. The third-order valence-corrected chi connectivity index (χ3v) is 7.00. The van der Waals surface area contributed by atoms with Gasteiger partial charge in [0, 0.05) is 107 Å². The molecule has 0 atom stereocenters. The molecule has 1 fully saturated rings. The Labute approximate surface area is 393 Å². The van der Waals surface area contributed by atoms with E-state index in [1.807, 2.05) is 0 Å². The number of Topliss-reactive ketones (excluding diaryl/α,β-unsaturated/α-hetero) is 4. The van der Waals surface area contributed by atoms with Gasteiger partial charge >= 0.3 is 53.7 Å². The number of esters is 4. The van der Waals surface area contributed by atoms with Crippen molar-refractivity contribution in [1.29, 1.82) is 4.78 Å². The van der Waals surface area contributed by atoms with Crippen LogP contribution in [-0.2, 0) is 108 Å². The molecule has 7 N–H and O–H groups in total. The van der Waals surface area contributed by atoms with Crippen molar-refractivity contribution in [3.05, 3.63) is 58.2 Å². The summed E-state index contributed by atoms with van der Waals surface area (Å²) >= 11 is 3.33. The first-order valence-electron chi connectivity index (χ1n) is 18.6. The minimum absolute atomic E-state index is 0.0232. The van der Waals surface area contributed by atoms with E-state index in [1.54, 1.807) is 0 Å². The van der Waals surface area contributed by atoms with Crippen LogP contribution in [0.1, 0.15) is 72.6 Å². The number of cyclic esters (lactones) is 4. The van der Waals surface area contributed by atoms with E-state index in [4.69, 9.17) is 25.2 Å². The molecular formula is C40H44N4O24S. The smallest absolute Gasteiger partial charge is 0.357 e. The van der Waals surface area contributed by atoms with E-state index in [1.165, 1.54) is 34.9 Å². The van der Waals surface area contributed by atoms with Crippen molar-refractivity contribution in [1.82, 2.24) is 15.7 Å². The maximum atomic E-state index is 11.4. The Morgan fingerprint density at radius 3 is 1.14 bits per heavy atom. The summed E-state index contributed by atoms with van der Waals surface area (Å²) in [5, 5.41) is 38.9. The molecule has 3 aliphatic rings. The molecule has 0 saturated carbocycles. The predicted octanol–water partition coefficient (Wildman–Crippen LogP) is -1.23. The molecule has 0 aromatic carbocycles. The molecule has 3 heterocycles. The molecule has 3 aliphatic heterocycles. The van der Waals surface area contributed by atoms with Crippen molar-refractivity contribution in [2.45, 2.75) is 72.6 Å². The van der Waals surface area contributed by atoms with Gasteiger partial charge in [0.25, 0.3) is 11.8 Å². The molecule has 69 heavy (non-hydrogen) atoms. The second-order valence-electron chi connectivity index (χ2n) is 13.0. The van der Waals surface area contributed by atoms with E-state index in [2.05, 4.69) is 37.4 Å². The molecule has 0 spiro atoms. The van der Waals surface area contributed by atoms with Gasteiger partial charge in [-0.2, -0.15) is 0 Å². The number of aliphatic carboxylic acids is 4. The van der Waals surface area contributed by atoms with Gasteiger partial charge in [-0.05, 0) is 27.7 Å². The van der Waals surface area contributed by atoms with E-state index < -0.39 is 102 Å². The zero-order valence-electron chi connectivity index (χ0n) is 37.1. The van der Waals surface area contributed by atoms with Crippen LogP contribution in [0.25, 0.3) is 0 Å². The summed E-state index contributed by atoms with van der Waals surface area (Å²) in [6.45, 7) is 5.04. The first kappa shape index (κ1) is 64.4. The molecule has 1 saturated heterocycles. The van der Waals surface area contributed by atoms with E-state index in [-0.39, 0.29) is 71.7 Å². The first-order chi connectivity index (χ1) is 31.9. The fraction of sp³-hybridized carbons (Fsp3) is 0.325. The van der Waals surface area contributed by atoms with Crippen LogP contribution in [0.3, 0.4) is 0 Å². The lowest BCUT2D eigenvalue weighted by Crippen LogP contribution is -2.31. The lowest BCUT2D eigenvalue weighted by atomic mass is 10.1. The quantitative estimate of drug-likeness (QED) is 0.0388. The minimum atomic E-state index is -1.45. The van der Waals surface area contributed by atoms with E-state index in [9.17, 15) is 81.5 Å². The largest absolute Gasteiger partial charge is 0.481 e. The third kappa shape index (κ3) is 30.0. The van der Waals surface area contributed by atoms with E-state index >= 15 is 0 Å². The molecule has 4 amide bonds. The summed E-state index contributed by atoms with van der Waals surface area (Å²) in [5.41, 5.74) is -0.847. The number of nitrogens with one attached hydrogen (secondary N) is 3. The van der Waals surface area contributed by atoms with Crippen LogP contribution in [-0.4, -0.2) is 140 Å². The standard InChI is InChI=1S/C11H11NO7.2C8H11NO4.C7H6O4.C6H4O5.HNS/c1-6(13)4-7(11(17)18)5-10(16)19-12-8(14)2-3-9(12)15;2*1-5(10)3-6(8(12)13)4-7(11)9-2;1-4(8)2-5-3-6(9)11-7(5)10;7-4(8)1-3-2-5(9)11-6(3)10;1-2/h5H,2-4H2,1H3,(H,17,18);2*4H,3H2,1-2H3,(H,9,11)(H,12,13);3H,2H2,1H3;2H,1H2,(H,7,8);1H/b7-5-;2*6-4-;;;. The summed E-state index contributed by atoms with van der Waals surface area (Å²) in [4.78, 5) is 186. The third-order valence-electron chi connectivity index (χ3n) is 7.00. The second kappa shape index (κ2) is 33.6. The maximum Gasteiger partial charge on any atom is 0.357 e. The molecule has 0 aromatic rings. The van der Waals surface area contributed by atoms with Gasteiger partial charge in [-0.25, -0.2) is 43.1 Å². The lowest BCUT2D eigenvalue weighted by Gasteiger charge is -2.11. The van der Waals surface area contributed by atoms with Gasteiger partial charge < -0.3 is 45.4 Å².